The van der Waals surface area contributed by atoms with Crippen molar-refractivity contribution in [1.82, 2.24) is 19.4 Å². The van der Waals surface area contributed by atoms with Gasteiger partial charge < -0.3 is 13.7 Å². The maximum absolute atomic E-state index is 4.07. The SMILES string of the molecule is CCCCN1B(C)N(C)[SiH]N(c2ccn[nH]2)B1C. The summed E-state index contributed by atoms with van der Waals surface area (Å²) in [5.41, 5.74) is 0. The van der Waals surface area contributed by atoms with E-state index in [0.29, 0.717) is 14.0 Å². The summed E-state index contributed by atoms with van der Waals surface area (Å²) >= 11 is 0. The van der Waals surface area contributed by atoms with Crippen molar-refractivity contribution in [3.8, 4) is 0 Å². The van der Waals surface area contributed by atoms with E-state index in [1.54, 1.807) is 0 Å². The van der Waals surface area contributed by atoms with E-state index in [1.807, 2.05) is 6.20 Å². The molecule has 0 amide bonds. The van der Waals surface area contributed by atoms with Crippen LogP contribution in [0.25, 0.3) is 0 Å². The first-order valence-corrected chi connectivity index (χ1v) is 7.78. The highest BCUT2D eigenvalue weighted by molar-refractivity contribution is 6.86. The van der Waals surface area contributed by atoms with Crippen molar-refractivity contribution in [1.29, 1.82) is 0 Å². The van der Waals surface area contributed by atoms with Crippen LogP contribution in [-0.4, -0.2) is 56.8 Å². The molecule has 0 atom stereocenters. The molecule has 0 unspecified atom stereocenters. The lowest BCUT2D eigenvalue weighted by atomic mass is 9.62. The number of nitrogens with zero attached hydrogens (tertiary/aromatic N) is 4. The van der Waals surface area contributed by atoms with Crippen LogP contribution in [0.2, 0.25) is 13.6 Å². The van der Waals surface area contributed by atoms with Gasteiger partial charge in [0.2, 0.25) is 9.84 Å². The molecule has 1 aliphatic heterocycles. The van der Waals surface area contributed by atoms with Crippen molar-refractivity contribution in [3.05, 3.63) is 12.3 Å². The van der Waals surface area contributed by atoms with Crippen LogP contribution < -0.4 is 4.48 Å². The van der Waals surface area contributed by atoms with Crippen LogP contribution in [0.5, 0.6) is 0 Å². The molecule has 2 heterocycles. The lowest BCUT2D eigenvalue weighted by Gasteiger charge is -2.47. The molecule has 1 aromatic heterocycles. The second-order valence-corrected chi connectivity index (χ2v) is 6.59. The third-order valence-corrected chi connectivity index (χ3v) is 5.55. The maximum Gasteiger partial charge on any atom is 0.322 e. The van der Waals surface area contributed by atoms with Crippen LogP contribution in [0.4, 0.5) is 5.82 Å². The van der Waals surface area contributed by atoms with E-state index in [9.17, 15) is 0 Å². The van der Waals surface area contributed by atoms with Crippen LogP contribution in [0.3, 0.4) is 0 Å². The van der Waals surface area contributed by atoms with Gasteiger partial charge in [-0.2, -0.15) is 5.10 Å². The van der Waals surface area contributed by atoms with Gasteiger partial charge in [0, 0.05) is 0 Å². The molecule has 0 aliphatic carbocycles. The smallest absolute Gasteiger partial charge is 0.322 e. The monoisotopic (exact) mass is 262 g/mol. The van der Waals surface area contributed by atoms with Gasteiger partial charge in [-0.1, -0.05) is 27.0 Å². The molecule has 0 spiro atoms. The highest BCUT2D eigenvalue weighted by Gasteiger charge is 2.39. The summed E-state index contributed by atoms with van der Waals surface area (Å²) < 4.78 is 7.47. The first-order chi connectivity index (χ1) is 8.65. The van der Waals surface area contributed by atoms with Gasteiger partial charge in [-0.15, -0.1) is 0 Å². The Bertz CT molecular complexity index is 363. The average molecular weight is 262 g/mol. The summed E-state index contributed by atoms with van der Waals surface area (Å²) in [5, 5.41) is 7.17. The lowest BCUT2D eigenvalue weighted by molar-refractivity contribution is 0.547. The molecule has 97 valence electrons. The number of nitrogens with one attached hydrogen (secondary N) is 1. The van der Waals surface area contributed by atoms with Crippen LogP contribution in [0, 0.1) is 0 Å². The standard InChI is InChI=1S/C10H22B2N5Si/c1-5-6-9-16-11(2)15(4)18-17(12(16)3)10-7-8-13-14-10/h7-8,18H,5-6,9H2,1-4H3,(H,13,14). The fourth-order valence-corrected chi connectivity index (χ4v) is 3.85. The summed E-state index contributed by atoms with van der Waals surface area (Å²) in [6.07, 6.45) is 4.33. The molecule has 1 radical (unpaired) electrons. The molecule has 18 heavy (non-hydrogen) atoms. The summed E-state index contributed by atoms with van der Waals surface area (Å²) in [4.78, 5) is 0. The van der Waals surface area contributed by atoms with Crippen LogP contribution in [0.15, 0.2) is 12.3 Å². The van der Waals surface area contributed by atoms with Crippen molar-refractivity contribution >= 4 is 29.6 Å². The van der Waals surface area contributed by atoms with Gasteiger partial charge in [0.25, 0.3) is 6.98 Å². The van der Waals surface area contributed by atoms with Crippen molar-refractivity contribution in [2.24, 2.45) is 0 Å². The lowest BCUT2D eigenvalue weighted by Crippen LogP contribution is -2.70. The number of aromatic amines is 1. The zero-order valence-corrected chi connectivity index (χ0v) is 13.0. The van der Waals surface area contributed by atoms with Crippen LogP contribution >= 0.6 is 0 Å². The number of rotatable bonds is 4. The van der Waals surface area contributed by atoms with Gasteiger partial charge in [-0.25, -0.2) is 0 Å². The number of H-pyrrole nitrogens is 1. The molecule has 1 N–H and O–H groups in total. The van der Waals surface area contributed by atoms with E-state index < -0.39 is 0 Å². The average Bonchev–Trinajstić information content (AvgIpc) is 2.87. The van der Waals surface area contributed by atoms with E-state index in [1.165, 1.54) is 12.8 Å². The Morgan fingerprint density at radius 2 is 2.17 bits per heavy atom. The minimum atomic E-state index is 0.124. The summed E-state index contributed by atoms with van der Waals surface area (Å²) in [6.45, 7) is 8.99. The molecule has 5 nitrogen and oxygen atoms in total. The topological polar surface area (TPSA) is 38.4 Å². The first-order valence-electron chi connectivity index (χ1n) is 6.75. The molecule has 8 heteroatoms. The second kappa shape index (κ2) is 5.95. The molecular formula is C10H22B2N5Si. The third-order valence-electron chi connectivity index (χ3n) is 3.79. The number of unbranched alkanes of at least 4 members (excludes halogenated alkanes) is 1. The van der Waals surface area contributed by atoms with Crippen LogP contribution in [-0.2, 0) is 0 Å². The Labute approximate surface area is 113 Å². The number of hydrogen-bond donors (Lipinski definition) is 1. The molecule has 1 saturated heterocycles. The normalized spacial score (nSPS) is 18.8. The van der Waals surface area contributed by atoms with Crippen molar-refractivity contribution < 1.29 is 0 Å². The van der Waals surface area contributed by atoms with Crippen molar-refractivity contribution in [2.75, 3.05) is 18.1 Å². The molecule has 1 fully saturated rings. The third kappa shape index (κ3) is 2.65. The van der Waals surface area contributed by atoms with Gasteiger partial charge in [0.15, 0.2) is 0 Å². The zero-order chi connectivity index (χ0) is 13.1. The van der Waals surface area contributed by atoms with E-state index in [2.05, 4.69) is 57.6 Å². The largest absolute Gasteiger partial charge is 0.406 e. The molecule has 2 rings (SSSR count). The summed E-state index contributed by atoms with van der Waals surface area (Å²) in [7, 11) is 2.34. The molecular weight excluding hydrogens is 240 g/mol. The Morgan fingerprint density at radius 1 is 1.39 bits per heavy atom. The number of hydrogen-bond acceptors (Lipinski definition) is 4. The molecule has 0 bridgehead atoms. The highest BCUT2D eigenvalue weighted by Crippen LogP contribution is 2.19. The van der Waals surface area contributed by atoms with Gasteiger partial charge in [0.05, 0.1) is 6.20 Å². The fraction of sp³-hybridized carbons (Fsp3) is 0.700. The Morgan fingerprint density at radius 3 is 2.78 bits per heavy atom. The van der Waals surface area contributed by atoms with E-state index in [-0.39, 0.29) is 9.84 Å². The van der Waals surface area contributed by atoms with Gasteiger partial charge in [-0.05, 0) is 26.1 Å². The fourth-order valence-electron chi connectivity index (χ4n) is 2.47. The van der Waals surface area contributed by atoms with E-state index >= 15 is 0 Å². The van der Waals surface area contributed by atoms with Gasteiger partial charge >= 0.3 is 6.98 Å². The van der Waals surface area contributed by atoms with Crippen LogP contribution in [0.1, 0.15) is 19.8 Å². The summed E-state index contributed by atoms with van der Waals surface area (Å²) in [5.74, 6) is 1.14. The Kier molecular flexibility index (Phi) is 4.53. The van der Waals surface area contributed by atoms with Gasteiger partial charge in [0.1, 0.15) is 5.82 Å². The molecule has 0 aromatic carbocycles. The van der Waals surface area contributed by atoms with Crippen molar-refractivity contribution in [2.45, 2.75) is 33.4 Å². The van der Waals surface area contributed by atoms with E-state index in [4.69, 9.17) is 0 Å². The quantitative estimate of drug-likeness (QED) is 0.813. The van der Waals surface area contributed by atoms with Gasteiger partial charge in [-0.3, -0.25) is 5.10 Å². The molecule has 1 aromatic rings. The Balaban J connectivity index is 2.13. The highest BCUT2D eigenvalue weighted by atomic mass is 28.2. The molecule has 0 saturated carbocycles. The molecule has 1 aliphatic rings. The minimum absolute atomic E-state index is 0.124. The second-order valence-electron chi connectivity index (χ2n) is 4.99. The maximum atomic E-state index is 4.07. The first kappa shape index (κ1) is 13.7. The Hall–Kier alpha value is -0.723. The number of aromatic nitrogens is 2. The minimum Gasteiger partial charge on any atom is -0.406 e. The summed E-state index contributed by atoms with van der Waals surface area (Å²) in [6, 6.07) is 2.06. The zero-order valence-electron chi connectivity index (χ0n) is 11.8. The predicted octanol–water partition coefficient (Wildman–Crippen LogP) is 0.766. The van der Waals surface area contributed by atoms with Crippen molar-refractivity contribution in [3.63, 3.8) is 0 Å². The number of anilines is 1. The predicted molar refractivity (Wildman–Crippen MR) is 80.8 cm³/mol. The van der Waals surface area contributed by atoms with E-state index in [0.717, 1.165) is 12.4 Å².